The Bertz CT molecular complexity index is 1630. The van der Waals surface area contributed by atoms with E-state index < -0.39 is 18.2 Å². The number of anilines is 1. The second-order valence-electron chi connectivity index (χ2n) is 9.56. The first-order valence-corrected chi connectivity index (χ1v) is 12.4. The minimum Gasteiger partial charge on any atom is -0.406 e. The number of alkyl halides is 3. The molecule has 3 aromatic heterocycles. The molecular formula is C28H24F4N6O2. The van der Waals surface area contributed by atoms with Crippen LogP contribution < -0.4 is 15.2 Å². The van der Waals surface area contributed by atoms with Gasteiger partial charge in [0.15, 0.2) is 0 Å². The zero-order chi connectivity index (χ0) is 28.6. The lowest BCUT2D eigenvalue weighted by Crippen LogP contribution is -2.53. The Hall–Kier alpha value is -4.50. The summed E-state index contributed by atoms with van der Waals surface area (Å²) in [5, 5.41) is 9.38. The molecule has 0 spiro atoms. The highest BCUT2D eigenvalue weighted by molar-refractivity contribution is 5.89. The molecular weight excluding hydrogens is 528 g/mol. The van der Waals surface area contributed by atoms with Crippen molar-refractivity contribution in [2.75, 3.05) is 24.5 Å². The lowest BCUT2D eigenvalue weighted by molar-refractivity contribution is -0.274. The van der Waals surface area contributed by atoms with Gasteiger partial charge in [-0.3, -0.25) is 14.7 Å². The van der Waals surface area contributed by atoms with Crippen LogP contribution in [-0.4, -0.2) is 51.5 Å². The summed E-state index contributed by atoms with van der Waals surface area (Å²) in [6.45, 7) is 3.44. The average Bonchev–Trinajstić information content (AvgIpc) is 2.92. The van der Waals surface area contributed by atoms with E-state index in [1.54, 1.807) is 25.2 Å². The van der Waals surface area contributed by atoms with Crippen molar-refractivity contribution in [3.63, 3.8) is 0 Å². The van der Waals surface area contributed by atoms with Gasteiger partial charge >= 0.3 is 6.36 Å². The highest BCUT2D eigenvalue weighted by Gasteiger charge is 2.34. The van der Waals surface area contributed by atoms with E-state index in [9.17, 15) is 27.6 Å². The largest absolute Gasteiger partial charge is 0.573 e. The summed E-state index contributed by atoms with van der Waals surface area (Å²) in [6.07, 6.45) is -3.70. The van der Waals surface area contributed by atoms with Crippen LogP contribution in [0.3, 0.4) is 0 Å². The number of aryl methyl sites for hydroxylation is 1. The lowest BCUT2D eigenvalue weighted by Gasteiger charge is -2.44. The Morgan fingerprint density at radius 3 is 2.48 bits per heavy atom. The Morgan fingerprint density at radius 1 is 1.10 bits per heavy atom. The molecule has 1 unspecified atom stereocenters. The fourth-order valence-corrected chi connectivity index (χ4v) is 5.14. The van der Waals surface area contributed by atoms with E-state index in [4.69, 9.17) is 0 Å². The van der Waals surface area contributed by atoms with Crippen LogP contribution in [0.25, 0.3) is 11.0 Å². The number of fused-ring (bicyclic) bond motifs is 1. The van der Waals surface area contributed by atoms with Crippen LogP contribution in [0.15, 0.2) is 65.6 Å². The van der Waals surface area contributed by atoms with Crippen molar-refractivity contribution in [2.24, 2.45) is 7.05 Å². The van der Waals surface area contributed by atoms with Gasteiger partial charge in [-0.1, -0.05) is 12.1 Å². The normalized spacial score (nSPS) is 17.0. The van der Waals surface area contributed by atoms with Gasteiger partial charge in [0.2, 0.25) is 0 Å². The molecule has 5 rings (SSSR count). The molecule has 1 fully saturated rings. The Labute approximate surface area is 226 Å². The zero-order valence-electron chi connectivity index (χ0n) is 21.6. The van der Waals surface area contributed by atoms with Crippen LogP contribution >= 0.6 is 0 Å². The maximum absolute atomic E-state index is 13.7. The Kier molecular flexibility index (Phi) is 7.16. The molecule has 0 aliphatic carbocycles. The fraction of sp³-hybridized carbons (Fsp3) is 0.286. The van der Waals surface area contributed by atoms with Crippen LogP contribution in [0.4, 0.5) is 23.2 Å². The Morgan fingerprint density at radius 2 is 1.85 bits per heavy atom. The monoisotopic (exact) mass is 552 g/mol. The molecule has 4 heterocycles. The van der Waals surface area contributed by atoms with Gasteiger partial charge in [-0.25, -0.2) is 9.37 Å². The van der Waals surface area contributed by atoms with Crippen molar-refractivity contribution in [3.05, 3.63) is 93.9 Å². The first kappa shape index (κ1) is 27.1. The highest BCUT2D eigenvalue weighted by atomic mass is 19.4. The second-order valence-corrected chi connectivity index (χ2v) is 9.56. The number of hydrogen-bond acceptors (Lipinski definition) is 7. The van der Waals surface area contributed by atoms with Crippen LogP contribution in [0.2, 0.25) is 0 Å². The third-order valence-electron chi connectivity index (χ3n) is 6.98. The minimum absolute atomic E-state index is 0.132. The van der Waals surface area contributed by atoms with Gasteiger partial charge in [0.25, 0.3) is 5.56 Å². The molecule has 1 aliphatic heterocycles. The lowest BCUT2D eigenvalue weighted by atomic mass is 9.98. The van der Waals surface area contributed by atoms with Gasteiger partial charge in [0.05, 0.1) is 29.1 Å². The SMILES string of the molecule is C[C@H]1CN(C(c2ccc(OC(F)(F)F)cc2)c2ccc(F)cn2)CCN1c1cc(=O)n(C)c2ccc(C#N)nc12. The van der Waals surface area contributed by atoms with E-state index in [0.29, 0.717) is 47.6 Å². The summed E-state index contributed by atoms with van der Waals surface area (Å²) in [5.74, 6) is -0.849. The topological polar surface area (TPSA) is 87.3 Å². The molecule has 2 atom stereocenters. The number of rotatable bonds is 5. The Balaban J connectivity index is 1.48. The summed E-state index contributed by atoms with van der Waals surface area (Å²) < 4.78 is 57.2. The maximum Gasteiger partial charge on any atom is 0.573 e. The number of piperazine rings is 1. The molecule has 8 nitrogen and oxygen atoms in total. The third-order valence-corrected chi connectivity index (χ3v) is 6.98. The quantitative estimate of drug-likeness (QED) is 0.336. The van der Waals surface area contributed by atoms with Crippen molar-refractivity contribution in [2.45, 2.75) is 25.4 Å². The van der Waals surface area contributed by atoms with Crippen molar-refractivity contribution in [3.8, 4) is 11.8 Å². The van der Waals surface area contributed by atoms with Gasteiger partial charge in [-0.05, 0) is 48.9 Å². The number of aromatic nitrogens is 3. The second kappa shape index (κ2) is 10.6. The molecule has 4 aromatic rings. The molecule has 0 amide bonds. The van der Waals surface area contributed by atoms with E-state index in [1.165, 1.54) is 41.0 Å². The molecule has 1 aromatic carbocycles. The molecule has 0 saturated carbocycles. The summed E-state index contributed by atoms with van der Waals surface area (Å²) in [4.78, 5) is 25.7. The van der Waals surface area contributed by atoms with Crippen LogP contribution in [-0.2, 0) is 7.05 Å². The first-order chi connectivity index (χ1) is 19.0. The highest BCUT2D eigenvalue weighted by Crippen LogP contribution is 2.34. The smallest absolute Gasteiger partial charge is 0.406 e. The maximum atomic E-state index is 13.7. The summed E-state index contributed by atoms with van der Waals surface area (Å²) in [5.41, 5.74) is 2.98. The number of nitriles is 1. The van der Waals surface area contributed by atoms with Crippen LogP contribution in [0.5, 0.6) is 5.75 Å². The summed E-state index contributed by atoms with van der Waals surface area (Å²) in [7, 11) is 1.65. The third kappa shape index (κ3) is 5.46. The van der Waals surface area contributed by atoms with Crippen LogP contribution in [0, 0.1) is 17.1 Å². The molecule has 1 saturated heterocycles. The standard InChI is InChI=1S/C28H24F4N6O2/c1-17-16-37(11-12-38(17)24-13-25(39)36(2)23-10-6-20(14-33)35-26(23)24)27(22-9-5-19(29)15-34-22)18-3-7-21(8-4-18)40-28(30,31)32/h3-10,13,15,17,27H,11-12,16H2,1-2H3/t17-,27?/m0/s1. The van der Waals surface area contributed by atoms with E-state index in [0.717, 1.165) is 6.20 Å². The number of benzene rings is 1. The van der Waals surface area contributed by atoms with E-state index in [-0.39, 0.29) is 23.0 Å². The summed E-state index contributed by atoms with van der Waals surface area (Å²) >= 11 is 0. The predicted molar refractivity (Wildman–Crippen MR) is 139 cm³/mol. The number of halogens is 4. The van der Waals surface area contributed by atoms with Crippen molar-refractivity contribution >= 4 is 16.7 Å². The van der Waals surface area contributed by atoms with E-state index >= 15 is 0 Å². The number of pyridine rings is 3. The fourth-order valence-electron chi connectivity index (χ4n) is 5.14. The molecule has 1 aliphatic rings. The predicted octanol–water partition coefficient (Wildman–Crippen LogP) is 4.54. The molecule has 206 valence electrons. The van der Waals surface area contributed by atoms with Crippen LogP contribution in [0.1, 0.15) is 29.9 Å². The zero-order valence-corrected chi connectivity index (χ0v) is 21.6. The minimum atomic E-state index is -4.81. The molecule has 0 bridgehead atoms. The number of ether oxygens (including phenoxy) is 1. The molecule has 0 N–H and O–H groups in total. The number of hydrogen-bond donors (Lipinski definition) is 0. The first-order valence-electron chi connectivity index (χ1n) is 12.4. The average molecular weight is 553 g/mol. The summed E-state index contributed by atoms with van der Waals surface area (Å²) in [6, 6.07) is 14.6. The van der Waals surface area contributed by atoms with Gasteiger partial charge < -0.3 is 14.2 Å². The molecule has 0 radical (unpaired) electrons. The van der Waals surface area contributed by atoms with Crippen molar-refractivity contribution in [1.82, 2.24) is 19.4 Å². The van der Waals surface area contributed by atoms with Crippen molar-refractivity contribution in [1.29, 1.82) is 5.26 Å². The van der Waals surface area contributed by atoms with Gasteiger partial charge in [0.1, 0.15) is 28.8 Å². The van der Waals surface area contributed by atoms with E-state index in [1.807, 2.05) is 13.0 Å². The van der Waals surface area contributed by atoms with Gasteiger partial charge in [-0.15, -0.1) is 13.2 Å². The van der Waals surface area contributed by atoms with E-state index in [2.05, 4.69) is 24.5 Å². The molecule has 12 heteroatoms. The van der Waals surface area contributed by atoms with Gasteiger partial charge in [-0.2, -0.15) is 5.26 Å². The number of nitrogens with zero attached hydrogens (tertiary/aromatic N) is 6. The van der Waals surface area contributed by atoms with Gasteiger partial charge in [0, 0.05) is 38.8 Å². The molecule has 40 heavy (non-hydrogen) atoms. The van der Waals surface area contributed by atoms with Crippen molar-refractivity contribution < 1.29 is 22.3 Å².